The SMILES string of the molecule is Nc1ccc(SC2CCCOC2)c(Cl)c1. The quantitative estimate of drug-likeness (QED) is 0.811. The summed E-state index contributed by atoms with van der Waals surface area (Å²) in [6.07, 6.45) is 2.34. The first-order valence-electron chi connectivity index (χ1n) is 5.05. The number of halogens is 1. The van der Waals surface area contributed by atoms with E-state index in [0.717, 1.165) is 29.6 Å². The molecule has 1 aromatic carbocycles. The van der Waals surface area contributed by atoms with Crippen LogP contribution in [0.1, 0.15) is 12.8 Å². The summed E-state index contributed by atoms with van der Waals surface area (Å²) in [5.74, 6) is 0. The van der Waals surface area contributed by atoms with Gasteiger partial charge in [-0.2, -0.15) is 0 Å². The highest BCUT2D eigenvalue weighted by molar-refractivity contribution is 8.00. The Hall–Kier alpha value is -0.380. The molecule has 1 atom stereocenters. The third-order valence-corrected chi connectivity index (χ3v) is 4.11. The van der Waals surface area contributed by atoms with Crippen LogP contribution >= 0.6 is 23.4 Å². The van der Waals surface area contributed by atoms with E-state index in [2.05, 4.69) is 0 Å². The first-order chi connectivity index (χ1) is 7.25. The average molecular weight is 244 g/mol. The van der Waals surface area contributed by atoms with Crippen molar-refractivity contribution in [1.29, 1.82) is 0 Å². The number of rotatable bonds is 2. The topological polar surface area (TPSA) is 35.2 Å². The van der Waals surface area contributed by atoms with Gasteiger partial charge in [0.05, 0.1) is 11.6 Å². The first kappa shape index (κ1) is 11.1. The molecule has 15 heavy (non-hydrogen) atoms. The molecule has 0 aliphatic carbocycles. The van der Waals surface area contributed by atoms with Gasteiger partial charge in [-0.3, -0.25) is 0 Å². The molecular weight excluding hydrogens is 230 g/mol. The molecule has 0 amide bonds. The number of anilines is 1. The maximum atomic E-state index is 6.11. The number of hydrogen-bond donors (Lipinski definition) is 1. The number of benzene rings is 1. The Kier molecular flexibility index (Phi) is 3.78. The predicted molar refractivity (Wildman–Crippen MR) is 65.6 cm³/mol. The lowest BCUT2D eigenvalue weighted by Gasteiger charge is -2.21. The number of thioether (sulfide) groups is 1. The van der Waals surface area contributed by atoms with Gasteiger partial charge < -0.3 is 10.5 Å². The van der Waals surface area contributed by atoms with Crippen LogP contribution in [-0.4, -0.2) is 18.5 Å². The van der Waals surface area contributed by atoms with Gasteiger partial charge in [-0.1, -0.05) is 11.6 Å². The van der Waals surface area contributed by atoms with Gasteiger partial charge in [0.25, 0.3) is 0 Å². The molecular formula is C11H14ClNOS. The van der Waals surface area contributed by atoms with Crippen molar-refractivity contribution in [2.75, 3.05) is 18.9 Å². The summed E-state index contributed by atoms with van der Waals surface area (Å²) in [6.45, 7) is 1.72. The fraction of sp³-hybridized carbons (Fsp3) is 0.455. The van der Waals surface area contributed by atoms with Crippen molar-refractivity contribution < 1.29 is 4.74 Å². The molecule has 4 heteroatoms. The Morgan fingerprint density at radius 1 is 1.47 bits per heavy atom. The lowest BCUT2D eigenvalue weighted by molar-refractivity contribution is 0.101. The molecule has 1 aliphatic rings. The number of nitrogen functional groups attached to an aromatic ring is 1. The second kappa shape index (κ2) is 5.10. The molecule has 1 fully saturated rings. The van der Waals surface area contributed by atoms with Gasteiger partial charge in [0.2, 0.25) is 0 Å². The highest BCUT2D eigenvalue weighted by Gasteiger charge is 2.16. The Morgan fingerprint density at radius 2 is 2.33 bits per heavy atom. The van der Waals surface area contributed by atoms with E-state index >= 15 is 0 Å². The monoisotopic (exact) mass is 243 g/mol. The summed E-state index contributed by atoms with van der Waals surface area (Å²) in [6, 6.07) is 5.67. The molecule has 2 N–H and O–H groups in total. The Labute approximate surface area is 99.1 Å². The number of hydrogen-bond acceptors (Lipinski definition) is 3. The fourth-order valence-electron chi connectivity index (χ4n) is 1.60. The normalized spacial score (nSPS) is 21.5. The summed E-state index contributed by atoms with van der Waals surface area (Å²) < 4.78 is 5.43. The Bertz CT molecular complexity index is 339. The average Bonchev–Trinajstić information content (AvgIpc) is 2.24. The largest absolute Gasteiger partial charge is 0.399 e. The molecule has 2 nitrogen and oxygen atoms in total. The van der Waals surface area contributed by atoms with Gasteiger partial charge >= 0.3 is 0 Å². The summed E-state index contributed by atoms with van der Waals surface area (Å²) >= 11 is 7.89. The van der Waals surface area contributed by atoms with Crippen LogP contribution in [0, 0.1) is 0 Å². The zero-order valence-corrected chi connectivity index (χ0v) is 9.98. The van der Waals surface area contributed by atoms with Crippen molar-refractivity contribution in [3.63, 3.8) is 0 Å². The van der Waals surface area contributed by atoms with E-state index in [-0.39, 0.29) is 0 Å². The van der Waals surface area contributed by atoms with Crippen molar-refractivity contribution >= 4 is 29.1 Å². The summed E-state index contributed by atoms with van der Waals surface area (Å²) in [4.78, 5) is 1.10. The summed E-state index contributed by atoms with van der Waals surface area (Å²) in [5, 5.41) is 1.27. The molecule has 2 rings (SSSR count). The highest BCUT2D eigenvalue weighted by atomic mass is 35.5. The molecule has 1 heterocycles. The van der Waals surface area contributed by atoms with E-state index in [0.29, 0.717) is 10.9 Å². The van der Waals surface area contributed by atoms with Gasteiger partial charge in [0.15, 0.2) is 0 Å². The number of ether oxygens (including phenoxy) is 1. The minimum Gasteiger partial charge on any atom is -0.399 e. The zero-order chi connectivity index (χ0) is 10.7. The molecule has 0 spiro atoms. The number of nitrogens with two attached hydrogens (primary N) is 1. The van der Waals surface area contributed by atoms with Crippen LogP contribution in [0.2, 0.25) is 5.02 Å². The fourth-order valence-corrected chi connectivity index (χ4v) is 3.04. The van der Waals surface area contributed by atoms with Gasteiger partial charge in [-0.05, 0) is 31.0 Å². The lowest BCUT2D eigenvalue weighted by atomic mass is 10.2. The van der Waals surface area contributed by atoms with E-state index in [4.69, 9.17) is 22.1 Å². The smallest absolute Gasteiger partial charge is 0.0588 e. The minimum absolute atomic E-state index is 0.528. The first-order valence-corrected chi connectivity index (χ1v) is 6.31. The lowest BCUT2D eigenvalue weighted by Crippen LogP contribution is -2.19. The highest BCUT2D eigenvalue weighted by Crippen LogP contribution is 2.34. The molecule has 1 aromatic rings. The second-order valence-corrected chi connectivity index (χ2v) is 5.40. The van der Waals surface area contributed by atoms with E-state index in [9.17, 15) is 0 Å². The molecule has 0 bridgehead atoms. The molecule has 1 saturated heterocycles. The molecule has 1 aliphatic heterocycles. The predicted octanol–water partition coefficient (Wildman–Crippen LogP) is 3.19. The minimum atomic E-state index is 0.528. The van der Waals surface area contributed by atoms with Gasteiger partial charge in [-0.15, -0.1) is 11.8 Å². The van der Waals surface area contributed by atoms with Gasteiger partial charge in [0, 0.05) is 22.4 Å². The second-order valence-electron chi connectivity index (χ2n) is 3.65. The van der Waals surface area contributed by atoms with Crippen molar-refractivity contribution in [2.24, 2.45) is 0 Å². The van der Waals surface area contributed by atoms with Crippen LogP contribution in [0.3, 0.4) is 0 Å². The molecule has 1 unspecified atom stereocenters. The van der Waals surface area contributed by atoms with E-state index in [1.807, 2.05) is 12.1 Å². The standard InChI is InChI=1S/C11H14ClNOS/c12-10-6-8(13)3-4-11(10)15-9-2-1-5-14-7-9/h3-4,6,9H,1-2,5,7,13H2. The van der Waals surface area contributed by atoms with E-state index in [1.165, 1.54) is 6.42 Å². The van der Waals surface area contributed by atoms with E-state index < -0.39 is 0 Å². The molecule has 82 valence electrons. The van der Waals surface area contributed by atoms with Crippen molar-refractivity contribution in [3.05, 3.63) is 23.2 Å². The van der Waals surface area contributed by atoms with Crippen molar-refractivity contribution in [1.82, 2.24) is 0 Å². The van der Waals surface area contributed by atoms with Gasteiger partial charge in [0.1, 0.15) is 0 Å². The molecule has 0 radical (unpaired) electrons. The Morgan fingerprint density at radius 3 is 3.00 bits per heavy atom. The maximum absolute atomic E-state index is 6.11. The van der Waals surface area contributed by atoms with Crippen LogP contribution in [-0.2, 0) is 4.74 Å². The van der Waals surface area contributed by atoms with E-state index in [1.54, 1.807) is 17.8 Å². The van der Waals surface area contributed by atoms with Crippen molar-refractivity contribution in [2.45, 2.75) is 23.0 Å². The molecule has 0 aromatic heterocycles. The Balaban J connectivity index is 2.03. The van der Waals surface area contributed by atoms with Gasteiger partial charge in [-0.25, -0.2) is 0 Å². The van der Waals surface area contributed by atoms with Crippen LogP contribution in [0.4, 0.5) is 5.69 Å². The van der Waals surface area contributed by atoms with Crippen molar-refractivity contribution in [3.8, 4) is 0 Å². The van der Waals surface area contributed by atoms with Crippen LogP contribution in [0.5, 0.6) is 0 Å². The van der Waals surface area contributed by atoms with Crippen LogP contribution in [0.15, 0.2) is 23.1 Å². The summed E-state index contributed by atoms with van der Waals surface area (Å²) in [7, 11) is 0. The third kappa shape index (κ3) is 3.03. The summed E-state index contributed by atoms with van der Waals surface area (Å²) in [5.41, 5.74) is 6.35. The van der Waals surface area contributed by atoms with Crippen LogP contribution < -0.4 is 5.73 Å². The third-order valence-electron chi connectivity index (χ3n) is 2.37. The maximum Gasteiger partial charge on any atom is 0.0588 e. The van der Waals surface area contributed by atoms with Crippen LogP contribution in [0.25, 0.3) is 0 Å². The molecule has 0 saturated carbocycles. The zero-order valence-electron chi connectivity index (χ0n) is 8.41.